The minimum absolute atomic E-state index is 0.188. The molecule has 0 bridgehead atoms. The van der Waals surface area contributed by atoms with E-state index in [9.17, 15) is 19.7 Å². The van der Waals surface area contributed by atoms with E-state index in [2.05, 4.69) is 5.32 Å². The molecule has 1 N–H and O–H groups in total. The number of nitro benzene ring substituents is 1. The standard InChI is InChI=1S/C15H10Cl2N2O5/c16-10-5-3-6-11(17)14(10)18-13(20)8-24-15(21)9-4-1-2-7-12(9)19(22)23/h1-7H,8H2,(H,18,20). The van der Waals surface area contributed by atoms with Crippen molar-refractivity contribution >= 4 is 46.5 Å². The SMILES string of the molecule is O=C(COC(=O)c1ccccc1[N+](=O)[O-])Nc1c(Cl)cccc1Cl. The average molecular weight is 369 g/mol. The molecule has 0 aliphatic rings. The highest BCUT2D eigenvalue weighted by atomic mass is 35.5. The molecule has 0 saturated carbocycles. The summed E-state index contributed by atoms with van der Waals surface area (Å²) in [6.45, 7) is -0.646. The molecule has 0 aliphatic heterocycles. The van der Waals surface area contributed by atoms with E-state index in [0.29, 0.717) is 0 Å². The van der Waals surface area contributed by atoms with Crippen LogP contribution in [0.4, 0.5) is 11.4 Å². The maximum Gasteiger partial charge on any atom is 0.345 e. The lowest BCUT2D eigenvalue weighted by Crippen LogP contribution is -2.21. The van der Waals surface area contributed by atoms with Crippen LogP contribution in [0.3, 0.4) is 0 Å². The topological polar surface area (TPSA) is 98.5 Å². The van der Waals surface area contributed by atoms with Gasteiger partial charge in [0.05, 0.1) is 20.7 Å². The summed E-state index contributed by atoms with van der Waals surface area (Å²) in [6.07, 6.45) is 0. The third kappa shape index (κ3) is 4.21. The highest BCUT2D eigenvalue weighted by molar-refractivity contribution is 6.39. The van der Waals surface area contributed by atoms with E-state index in [4.69, 9.17) is 27.9 Å². The molecule has 0 spiro atoms. The second-order valence-electron chi connectivity index (χ2n) is 4.50. The number of nitro groups is 1. The summed E-state index contributed by atoms with van der Waals surface area (Å²) in [4.78, 5) is 33.9. The van der Waals surface area contributed by atoms with Gasteiger partial charge in [0.15, 0.2) is 6.61 Å². The number of para-hydroxylation sites is 2. The molecule has 0 fully saturated rings. The van der Waals surface area contributed by atoms with Crippen LogP contribution in [0.15, 0.2) is 42.5 Å². The summed E-state index contributed by atoms with van der Waals surface area (Å²) in [5.74, 6) is -1.67. The first-order valence-corrected chi connectivity index (χ1v) is 7.30. The summed E-state index contributed by atoms with van der Waals surface area (Å²) in [6, 6.07) is 9.94. The lowest BCUT2D eigenvalue weighted by Gasteiger charge is -2.09. The van der Waals surface area contributed by atoms with Crippen molar-refractivity contribution in [1.29, 1.82) is 0 Å². The first-order valence-electron chi connectivity index (χ1n) is 6.54. The van der Waals surface area contributed by atoms with Crippen LogP contribution in [0.2, 0.25) is 10.0 Å². The van der Waals surface area contributed by atoms with E-state index in [0.717, 1.165) is 0 Å². The van der Waals surface area contributed by atoms with Gasteiger partial charge in [-0.3, -0.25) is 14.9 Å². The van der Waals surface area contributed by atoms with Crippen LogP contribution in [0.5, 0.6) is 0 Å². The number of nitrogens with zero attached hydrogens (tertiary/aromatic N) is 1. The predicted octanol–water partition coefficient (Wildman–Crippen LogP) is 3.70. The summed E-state index contributed by atoms with van der Waals surface area (Å²) in [5, 5.41) is 13.7. The predicted molar refractivity (Wildman–Crippen MR) is 88.5 cm³/mol. The molecule has 0 aliphatic carbocycles. The minimum Gasteiger partial charge on any atom is -0.452 e. The van der Waals surface area contributed by atoms with Crippen molar-refractivity contribution in [3.05, 3.63) is 68.2 Å². The molecule has 124 valence electrons. The fourth-order valence-corrected chi connectivity index (χ4v) is 2.30. The minimum atomic E-state index is -0.984. The number of amides is 1. The Balaban J connectivity index is 2.02. The Morgan fingerprint density at radius 3 is 2.33 bits per heavy atom. The van der Waals surface area contributed by atoms with Gasteiger partial charge in [0.1, 0.15) is 5.56 Å². The molecule has 9 heteroatoms. The molecule has 2 rings (SSSR count). The second-order valence-corrected chi connectivity index (χ2v) is 5.31. The number of hydrogen-bond donors (Lipinski definition) is 1. The molecule has 0 radical (unpaired) electrons. The Hall–Kier alpha value is -2.64. The molecule has 0 atom stereocenters. The highest BCUT2D eigenvalue weighted by Crippen LogP contribution is 2.29. The quantitative estimate of drug-likeness (QED) is 0.492. The van der Waals surface area contributed by atoms with Gasteiger partial charge >= 0.3 is 5.97 Å². The highest BCUT2D eigenvalue weighted by Gasteiger charge is 2.21. The van der Waals surface area contributed by atoms with E-state index in [1.165, 1.54) is 36.4 Å². The number of carbonyl (C=O) groups is 2. The van der Waals surface area contributed by atoms with Crippen LogP contribution >= 0.6 is 23.2 Å². The zero-order chi connectivity index (χ0) is 17.7. The molecule has 1 amide bonds. The summed E-state index contributed by atoms with van der Waals surface area (Å²) in [5.41, 5.74) is -0.462. The van der Waals surface area contributed by atoms with E-state index in [-0.39, 0.29) is 21.3 Å². The lowest BCUT2D eigenvalue weighted by atomic mass is 10.2. The van der Waals surface area contributed by atoms with Crippen molar-refractivity contribution in [3.8, 4) is 0 Å². The monoisotopic (exact) mass is 368 g/mol. The number of benzene rings is 2. The molecule has 2 aromatic rings. The molecule has 2 aromatic carbocycles. The third-order valence-electron chi connectivity index (χ3n) is 2.88. The van der Waals surface area contributed by atoms with Crippen LogP contribution < -0.4 is 5.32 Å². The Labute approximate surface area is 146 Å². The average Bonchev–Trinajstić information content (AvgIpc) is 2.56. The van der Waals surface area contributed by atoms with Gasteiger partial charge in [0.2, 0.25) is 0 Å². The molecule has 24 heavy (non-hydrogen) atoms. The number of halogens is 2. The van der Waals surface area contributed by atoms with Crippen LogP contribution in [-0.4, -0.2) is 23.4 Å². The fourth-order valence-electron chi connectivity index (χ4n) is 1.81. The molecule has 0 saturated heterocycles. The maximum absolute atomic E-state index is 11.9. The number of anilines is 1. The zero-order valence-corrected chi connectivity index (χ0v) is 13.5. The molecule has 0 aromatic heterocycles. The zero-order valence-electron chi connectivity index (χ0n) is 12.0. The number of esters is 1. The first kappa shape index (κ1) is 17.7. The van der Waals surface area contributed by atoms with Crippen molar-refractivity contribution < 1.29 is 19.2 Å². The van der Waals surface area contributed by atoms with Gasteiger partial charge in [-0.25, -0.2) is 4.79 Å². The Kier molecular flexibility index (Phi) is 5.73. The van der Waals surface area contributed by atoms with Gasteiger partial charge < -0.3 is 10.1 Å². The van der Waals surface area contributed by atoms with Gasteiger partial charge in [-0.15, -0.1) is 0 Å². The second kappa shape index (κ2) is 7.76. The van der Waals surface area contributed by atoms with Gasteiger partial charge in [0, 0.05) is 6.07 Å². The van der Waals surface area contributed by atoms with E-state index in [1.807, 2.05) is 0 Å². The third-order valence-corrected chi connectivity index (χ3v) is 3.51. The van der Waals surface area contributed by atoms with Crippen molar-refractivity contribution in [2.45, 2.75) is 0 Å². The molecular formula is C15H10Cl2N2O5. The Morgan fingerprint density at radius 2 is 1.71 bits per heavy atom. The van der Waals surface area contributed by atoms with E-state index >= 15 is 0 Å². The normalized spacial score (nSPS) is 10.1. The van der Waals surface area contributed by atoms with Crippen LogP contribution in [0.1, 0.15) is 10.4 Å². The van der Waals surface area contributed by atoms with Gasteiger partial charge in [-0.05, 0) is 18.2 Å². The summed E-state index contributed by atoms with van der Waals surface area (Å²) < 4.78 is 4.79. The van der Waals surface area contributed by atoms with Gasteiger partial charge in [0.25, 0.3) is 11.6 Å². The number of carbonyl (C=O) groups excluding carboxylic acids is 2. The van der Waals surface area contributed by atoms with Crippen LogP contribution in [-0.2, 0) is 9.53 Å². The van der Waals surface area contributed by atoms with Crippen molar-refractivity contribution in [2.24, 2.45) is 0 Å². The van der Waals surface area contributed by atoms with Crippen molar-refractivity contribution in [3.63, 3.8) is 0 Å². The van der Waals surface area contributed by atoms with E-state index < -0.39 is 29.1 Å². The fraction of sp³-hybridized carbons (Fsp3) is 0.0667. The molecule has 7 nitrogen and oxygen atoms in total. The van der Waals surface area contributed by atoms with E-state index in [1.54, 1.807) is 6.07 Å². The summed E-state index contributed by atoms with van der Waals surface area (Å²) in [7, 11) is 0. The maximum atomic E-state index is 11.9. The van der Waals surface area contributed by atoms with Crippen LogP contribution in [0.25, 0.3) is 0 Å². The van der Waals surface area contributed by atoms with Crippen molar-refractivity contribution in [1.82, 2.24) is 0 Å². The molecule has 0 heterocycles. The molecule has 0 unspecified atom stereocenters. The Morgan fingerprint density at radius 1 is 1.08 bits per heavy atom. The van der Waals surface area contributed by atoms with Crippen molar-refractivity contribution in [2.75, 3.05) is 11.9 Å². The largest absolute Gasteiger partial charge is 0.452 e. The van der Waals surface area contributed by atoms with Gasteiger partial charge in [-0.2, -0.15) is 0 Å². The Bertz CT molecular complexity index is 790. The van der Waals surface area contributed by atoms with Crippen LogP contribution in [0, 0.1) is 10.1 Å². The first-order chi connectivity index (χ1) is 11.4. The molecular weight excluding hydrogens is 359 g/mol. The smallest absolute Gasteiger partial charge is 0.345 e. The lowest BCUT2D eigenvalue weighted by molar-refractivity contribution is -0.385. The number of ether oxygens (including phenoxy) is 1. The van der Waals surface area contributed by atoms with Gasteiger partial charge in [-0.1, -0.05) is 41.4 Å². The number of nitrogens with one attached hydrogen (secondary N) is 1. The number of hydrogen-bond acceptors (Lipinski definition) is 5. The number of rotatable bonds is 5. The summed E-state index contributed by atoms with van der Waals surface area (Å²) >= 11 is 11.8.